The second kappa shape index (κ2) is 4.48. The molecule has 84 valence electrons. The van der Waals surface area contributed by atoms with Gasteiger partial charge in [-0.1, -0.05) is 12.7 Å². The first-order valence-electron chi connectivity index (χ1n) is 4.32. The van der Waals surface area contributed by atoms with Crippen LogP contribution in [0.1, 0.15) is 26.3 Å². The summed E-state index contributed by atoms with van der Waals surface area (Å²) in [4.78, 5) is 21.8. The van der Waals surface area contributed by atoms with Gasteiger partial charge in [-0.2, -0.15) is 0 Å². The van der Waals surface area contributed by atoms with E-state index in [4.69, 9.17) is 14.9 Å². The molecule has 0 fully saturated rings. The van der Waals surface area contributed by atoms with Crippen LogP contribution in [-0.4, -0.2) is 29.3 Å². The van der Waals surface area contributed by atoms with Crippen LogP contribution in [0.4, 0.5) is 0 Å². The molecule has 5 nitrogen and oxygen atoms in total. The number of aromatic carboxylic acids is 2. The molecule has 5 heteroatoms. The molecule has 2 N–H and O–H groups in total. The number of benzene rings is 1. The molecular weight excluding hydrogens is 212 g/mol. The SMILES string of the molecule is C=Cc1cc(OC)c(C(=O)O)c(C(=O)O)c1. The summed E-state index contributed by atoms with van der Waals surface area (Å²) in [5.41, 5.74) is -0.193. The van der Waals surface area contributed by atoms with Gasteiger partial charge < -0.3 is 14.9 Å². The van der Waals surface area contributed by atoms with E-state index >= 15 is 0 Å². The zero-order valence-corrected chi connectivity index (χ0v) is 8.56. The zero-order chi connectivity index (χ0) is 12.3. The molecule has 0 bridgehead atoms. The van der Waals surface area contributed by atoms with Crippen molar-refractivity contribution in [3.05, 3.63) is 35.4 Å². The number of carboxylic acids is 2. The fourth-order valence-electron chi connectivity index (χ4n) is 1.30. The molecule has 0 saturated carbocycles. The Labute approximate surface area is 91.6 Å². The van der Waals surface area contributed by atoms with Gasteiger partial charge in [0.2, 0.25) is 0 Å². The van der Waals surface area contributed by atoms with Crippen LogP contribution >= 0.6 is 0 Å². The average Bonchev–Trinajstić information content (AvgIpc) is 2.26. The summed E-state index contributed by atoms with van der Waals surface area (Å²) in [6.07, 6.45) is 1.42. The molecule has 0 aliphatic carbocycles. The first-order chi connectivity index (χ1) is 7.51. The van der Waals surface area contributed by atoms with Gasteiger partial charge in [0.1, 0.15) is 11.3 Å². The smallest absolute Gasteiger partial charge is 0.340 e. The van der Waals surface area contributed by atoms with Crippen LogP contribution in [-0.2, 0) is 0 Å². The molecule has 0 saturated heterocycles. The maximum Gasteiger partial charge on any atom is 0.340 e. The number of hydrogen-bond acceptors (Lipinski definition) is 3. The number of carboxylic acid groups (broad SMARTS) is 2. The third-order valence-corrected chi connectivity index (χ3v) is 2.02. The van der Waals surface area contributed by atoms with E-state index in [1.807, 2.05) is 0 Å². The monoisotopic (exact) mass is 222 g/mol. The number of hydrogen-bond donors (Lipinski definition) is 2. The second-order valence-corrected chi connectivity index (χ2v) is 2.96. The molecule has 0 amide bonds. The predicted molar refractivity (Wildman–Crippen MR) is 57.0 cm³/mol. The van der Waals surface area contributed by atoms with Crippen LogP contribution in [0.25, 0.3) is 6.08 Å². The average molecular weight is 222 g/mol. The second-order valence-electron chi connectivity index (χ2n) is 2.96. The van der Waals surface area contributed by atoms with Crippen molar-refractivity contribution in [1.29, 1.82) is 0 Å². The molecule has 0 heterocycles. The summed E-state index contributed by atoms with van der Waals surface area (Å²) in [7, 11) is 1.28. The summed E-state index contributed by atoms with van der Waals surface area (Å²) in [5, 5.41) is 17.8. The summed E-state index contributed by atoms with van der Waals surface area (Å²) in [6, 6.07) is 2.66. The Bertz CT molecular complexity index is 462. The van der Waals surface area contributed by atoms with Crippen molar-refractivity contribution in [2.45, 2.75) is 0 Å². The van der Waals surface area contributed by atoms with E-state index in [2.05, 4.69) is 6.58 Å². The van der Waals surface area contributed by atoms with Crippen molar-refractivity contribution in [2.75, 3.05) is 7.11 Å². The van der Waals surface area contributed by atoms with Crippen LogP contribution < -0.4 is 4.74 Å². The van der Waals surface area contributed by atoms with Gasteiger partial charge in [-0.3, -0.25) is 0 Å². The molecular formula is C11H10O5. The zero-order valence-electron chi connectivity index (χ0n) is 8.56. The highest BCUT2D eigenvalue weighted by Crippen LogP contribution is 2.25. The van der Waals surface area contributed by atoms with Gasteiger partial charge >= 0.3 is 11.9 Å². The third-order valence-electron chi connectivity index (χ3n) is 2.02. The molecule has 0 aliphatic rings. The molecule has 1 aromatic carbocycles. The number of rotatable bonds is 4. The minimum atomic E-state index is -1.34. The van der Waals surface area contributed by atoms with E-state index in [0.717, 1.165) is 0 Å². The van der Waals surface area contributed by atoms with Crippen molar-refractivity contribution in [3.8, 4) is 5.75 Å². The van der Waals surface area contributed by atoms with Gasteiger partial charge in [0.05, 0.1) is 12.7 Å². The fourth-order valence-corrected chi connectivity index (χ4v) is 1.30. The first-order valence-corrected chi connectivity index (χ1v) is 4.32. The van der Waals surface area contributed by atoms with Crippen molar-refractivity contribution >= 4 is 18.0 Å². The lowest BCUT2D eigenvalue weighted by molar-refractivity contribution is 0.0648. The molecule has 1 aromatic rings. The highest BCUT2D eigenvalue weighted by Gasteiger charge is 2.21. The van der Waals surface area contributed by atoms with E-state index in [0.29, 0.717) is 5.56 Å². The molecule has 0 atom stereocenters. The van der Waals surface area contributed by atoms with Crippen LogP contribution in [0, 0.1) is 0 Å². The van der Waals surface area contributed by atoms with Crippen LogP contribution in [0.3, 0.4) is 0 Å². The summed E-state index contributed by atoms with van der Waals surface area (Å²) >= 11 is 0. The van der Waals surface area contributed by atoms with Crippen molar-refractivity contribution in [3.63, 3.8) is 0 Å². The summed E-state index contributed by atoms with van der Waals surface area (Å²) in [5.74, 6) is -2.66. The van der Waals surface area contributed by atoms with E-state index in [1.54, 1.807) is 0 Å². The minimum Gasteiger partial charge on any atom is -0.496 e. The molecule has 0 aliphatic heterocycles. The van der Waals surface area contributed by atoms with Crippen molar-refractivity contribution < 1.29 is 24.5 Å². The Balaban J connectivity index is 3.59. The fraction of sp³-hybridized carbons (Fsp3) is 0.0909. The summed E-state index contributed by atoms with van der Waals surface area (Å²) < 4.78 is 4.85. The Kier molecular flexibility index (Phi) is 3.30. The lowest BCUT2D eigenvalue weighted by atomic mass is 10.0. The largest absolute Gasteiger partial charge is 0.496 e. The minimum absolute atomic E-state index is 0.00213. The van der Waals surface area contributed by atoms with Crippen LogP contribution in [0.15, 0.2) is 18.7 Å². The van der Waals surface area contributed by atoms with Gasteiger partial charge in [0.25, 0.3) is 0 Å². The van der Waals surface area contributed by atoms with Gasteiger partial charge in [-0.05, 0) is 17.7 Å². The van der Waals surface area contributed by atoms with E-state index in [-0.39, 0.29) is 16.9 Å². The molecule has 0 spiro atoms. The van der Waals surface area contributed by atoms with Gasteiger partial charge in [0.15, 0.2) is 0 Å². The normalized spacial score (nSPS) is 9.56. The topological polar surface area (TPSA) is 83.8 Å². The highest BCUT2D eigenvalue weighted by molar-refractivity contribution is 6.04. The van der Waals surface area contributed by atoms with E-state index in [1.165, 1.54) is 25.3 Å². The molecule has 1 rings (SSSR count). The van der Waals surface area contributed by atoms with E-state index in [9.17, 15) is 9.59 Å². The van der Waals surface area contributed by atoms with Crippen LogP contribution in [0.5, 0.6) is 5.75 Å². The van der Waals surface area contributed by atoms with Gasteiger partial charge in [0, 0.05) is 0 Å². The van der Waals surface area contributed by atoms with E-state index < -0.39 is 11.9 Å². The maximum atomic E-state index is 10.9. The Morgan fingerprint density at radius 2 is 1.94 bits per heavy atom. The quantitative estimate of drug-likeness (QED) is 0.810. The standard InChI is InChI=1S/C11H10O5/c1-3-6-4-7(10(12)13)9(11(14)15)8(5-6)16-2/h3-5H,1H2,2H3,(H,12,13)(H,14,15). The number of ether oxygens (including phenoxy) is 1. The number of methoxy groups -OCH3 is 1. The number of carbonyl (C=O) groups is 2. The summed E-state index contributed by atoms with van der Waals surface area (Å²) in [6.45, 7) is 3.49. The van der Waals surface area contributed by atoms with Gasteiger partial charge in [-0.15, -0.1) is 0 Å². The maximum absolute atomic E-state index is 10.9. The van der Waals surface area contributed by atoms with Gasteiger partial charge in [-0.25, -0.2) is 9.59 Å². The first kappa shape index (κ1) is 11.8. The predicted octanol–water partition coefficient (Wildman–Crippen LogP) is 1.73. The molecule has 0 radical (unpaired) electrons. The lowest BCUT2D eigenvalue weighted by Crippen LogP contribution is -2.10. The molecule has 0 aromatic heterocycles. The van der Waals surface area contributed by atoms with Crippen LogP contribution in [0.2, 0.25) is 0 Å². The Hall–Kier alpha value is -2.30. The van der Waals surface area contributed by atoms with Crippen molar-refractivity contribution in [2.24, 2.45) is 0 Å². The molecule has 0 unspecified atom stereocenters. The highest BCUT2D eigenvalue weighted by atomic mass is 16.5. The Morgan fingerprint density at radius 3 is 2.31 bits per heavy atom. The van der Waals surface area contributed by atoms with Crippen molar-refractivity contribution in [1.82, 2.24) is 0 Å². The third kappa shape index (κ3) is 2.03. The Morgan fingerprint density at radius 1 is 1.31 bits per heavy atom. The molecule has 16 heavy (non-hydrogen) atoms. The lowest BCUT2D eigenvalue weighted by Gasteiger charge is -2.09.